The summed E-state index contributed by atoms with van der Waals surface area (Å²) in [5.74, 6) is 1.55. The van der Waals surface area contributed by atoms with Gasteiger partial charge in [-0.25, -0.2) is 4.98 Å². The third-order valence-corrected chi connectivity index (χ3v) is 5.36. The summed E-state index contributed by atoms with van der Waals surface area (Å²) < 4.78 is 7.05. The Kier molecular flexibility index (Phi) is 5.36. The number of ether oxygens (including phenoxy) is 1. The molecular weight excluding hydrogens is 364 g/mol. The van der Waals surface area contributed by atoms with E-state index in [1.165, 1.54) is 5.56 Å². The first-order valence-corrected chi connectivity index (χ1v) is 9.89. The van der Waals surface area contributed by atoms with E-state index in [1.807, 2.05) is 44.2 Å². The first-order valence-electron chi connectivity index (χ1n) is 9.89. The van der Waals surface area contributed by atoms with Crippen molar-refractivity contribution >= 4 is 11.6 Å². The van der Waals surface area contributed by atoms with E-state index in [0.717, 1.165) is 29.2 Å². The average Bonchev–Trinajstić information content (AvgIpc) is 2.75. The summed E-state index contributed by atoms with van der Waals surface area (Å²) in [6, 6.07) is 18.2. The van der Waals surface area contributed by atoms with Crippen molar-refractivity contribution in [2.75, 3.05) is 18.7 Å². The fourth-order valence-electron chi connectivity index (χ4n) is 3.83. The van der Waals surface area contributed by atoms with Gasteiger partial charge in [-0.1, -0.05) is 37.3 Å². The average molecular weight is 390 g/mol. The van der Waals surface area contributed by atoms with E-state index >= 15 is 0 Å². The Balaban J connectivity index is 1.73. The molecule has 0 amide bonds. The number of hydrogen-bond donors (Lipinski definition) is 0. The summed E-state index contributed by atoms with van der Waals surface area (Å²) in [7, 11) is 1.67. The molecular formula is C23H26N4O2. The highest BCUT2D eigenvalue weighted by molar-refractivity contribution is 5.58. The summed E-state index contributed by atoms with van der Waals surface area (Å²) in [6.45, 7) is 5.84. The number of fused-ring (bicyclic) bond motifs is 1. The van der Waals surface area contributed by atoms with Gasteiger partial charge in [-0.2, -0.15) is 0 Å². The highest BCUT2D eigenvalue weighted by atomic mass is 16.5. The number of methoxy groups -OCH3 is 1. The van der Waals surface area contributed by atoms with Crippen molar-refractivity contribution in [1.82, 2.24) is 14.5 Å². The van der Waals surface area contributed by atoms with E-state index in [2.05, 4.69) is 34.1 Å². The Hall–Kier alpha value is -3.12. The summed E-state index contributed by atoms with van der Waals surface area (Å²) in [6.07, 6.45) is 0.682. The smallest absolute Gasteiger partial charge is 0.259 e. The highest BCUT2D eigenvalue weighted by Gasteiger charge is 2.27. The Labute approximate surface area is 171 Å². The van der Waals surface area contributed by atoms with E-state index in [9.17, 15) is 4.79 Å². The first-order chi connectivity index (χ1) is 14.1. The van der Waals surface area contributed by atoms with Gasteiger partial charge in [0.05, 0.1) is 20.4 Å². The predicted molar refractivity (Wildman–Crippen MR) is 115 cm³/mol. The van der Waals surface area contributed by atoms with Gasteiger partial charge in [-0.05, 0) is 43.2 Å². The Bertz CT molecular complexity index is 1040. The molecule has 6 nitrogen and oxygen atoms in total. The van der Waals surface area contributed by atoms with E-state index in [4.69, 9.17) is 9.72 Å². The van der Waals surface area contributed by atoms with Crippen LogP contribution in [0.15, 0.2) is 59.4 Å². The second-order valence-electron chi connectivity index (χ2n) is 7.29. The van der Waals surface area contributed by atoms with Gasteiger partial charge in [0, 0.05) is 23.5 Å². The fraction of sp³-hybridized carbons (Fsp3) is 0.304. The lowest BCUT2D eigenvalue weighted by Gasteiger charge is -2.38. The molecule has 0 fully saturated rings. The number of hydrogen-bond acceptors (Lipinski definition) is 5. The molecule has 0 saturated carbocycles. The van der Waals surface area contributed by atoms with Crippen molar-refractivity contribution < 1.29 is 4.74 Å². The number of para-hydroxylation sites is 1. The molecule has 2 aromatic carbocycles. The predicted octanol–water partition coefficient (Wildman–Crippen LogP) is 3.69. The SMILES string of the molecule is CCc1c(C)nc2n(c1=O)CN(Cc1ccc(OC)cc1)CN2c1ccccc1. The molecule has 0 bridgehead atoms. The highest BCUT2D eigenvalue weighted by Crippen LogP contribution is 2.28. The Morgan fingerprint density at radius 3 is 2.41 bits per heavy atom. The lowest BCUT2D eigenvalue weighted by molar-refractivity contribution is 0.189. The quantitative estimate of drug-likeness (QED) is 0.665. The van der Waals surface area contributed by atoms with Crippen LogP contribution in [-0.2, 0) is 19.6 Å². The van der Waals surface area contributed by atoms with E-state index in [1.54, 1.807) is 11.7 Å². The third kappa shape index (κ3) is 3.76. The molecule has 1 aliphatic rings. The van der Waals surface area contributed by atoms with Crippen LogP contribution in [0.3, 0.4) is 0 Å². The molecule has 1 aromatic heterocycles. The largest absolute Gasteiger partial charge is 0.497 e. The van der Waals surface area contributed by atoms with Gasteiger partial charge in [0.25, 0.3) is 5.56 Å². The summed E-state index contributed by atoms with van der Waals surface area (Å²) >= 11 is 0. The van der Waals surface area contributed by atoms with Gasteiger partial charge < -0.3 is 4.74 Å². The van der Waals surface area contributed by atoms with Crippen LogP contribution in [-0.4, -0.2) is 28.2 Å². The minimum Gasteiger partial charge on any atom is -0.497 e. The summed E-state index contributed by atoms with van der Waals surface area (Å²) in [5.41, 5.74) is 3.85. The number of benzene rings is 2. The van der Waals surface area contributed by atoms with Crippen molar-refractivity contribution in [2.45, 2.75) is 33.5 Å². The van der Waals surface area contributed by atoms with Crippen LogP contribution in [0.25, 0.3) is 0 Å². The van der Waals surface area contributed by atoms with Crippen LogP contribution < -0.4 is 15.2 Å². The molecule has 150 valence electrons. The fourth-order valence-corrected chi connectivity index (χ4v) is 3.83. The normalized spacial score (nSPS) is 14.0. The summed E-state index contributed by atoms with van der Waals surface area (Å²) in [4.78, 5) is 22.4. The van der Waals surface area contributed by atoms with Crippen molar-refractivity contribution in [3.63, 3.8) is 0 Å². The lowest BCUT2D eigenvalue weighted by Crippen LogP contribution is -2.47. The van der Waals surface area contributed by atoms with Gasteiger partial charge >= 0.3 is 0 Å². The molecule has 29 heavy (non-hydrogen) atoms. The van der Waals surface area contributed by atoms with Crippen molar-refractivity contribution in [3.8, 4) is 5.75 Å². The van der Waals surface area contributed by atoms with E-state index in [-0.39, 0.29) is 5.56 Å². The Morgan fingerprint density at radius 2 is 1.76 bits per heavy atom. The van der Waals surface area contributed by atoms with Crippen molar-refractivity contribution in [1.29, 1.82) is 0 Å². The van der Waals surface area contributed by atoms with Crippen LogP contribution in [0.4, 0.5) is 11.6 Å². The molecule has 0 spiro atoms. The number of anilines is 2. The second kappa shape index (κ2) is 8.09. The van der Waals surface area contributed by atoms with Crippen LogP contribution in [0.1, 0.15) is 23.7 Å². The summed E-state index contributed by atoms with van der Waals surface area (Å²) in [5, 5.41) is 0. The molecule has 0 saturated heterocycles. The standard InChI is InChI=1S/C23H26N4O2/c1-4-21-17(2)24-23-26(19-8-6-5-7-9-19)15-25(16-27(23)22(21)28)14-18-10-12-20(29-3)13-11-18/h5-13H,4,14-16H2,1-3H3. The zero-order chi connectivity index (χ0) is 20.4. The second-order valence-corrected chi connectivity index (χ2v) is 7.29. The van der Waals surface area contributed by atoms with Gasteiger partial charge in [-0.3, -0.25) is 19.2 Å². The zero-order valence-corrected chi connectivity index (χ0v) is 17.1. The maximum Gasteiger partial charge on any atom is 0.259 e. The number of aromatic nitrogens is 2. The molecule has 0 unspecified atom stereocenters. The van der Waals surface area contributed by atoms with E-state index < -0.39 is 0 Å². The van der Waals surface area contributed by atoms with Crippen LogP contribution >= 0.6 is 0 Å². The minimum atomic E-state index is 0.0513. The van der Waals surface area contributed by atoms with Gasteiger partial charge in [-0.15, -0.1) is 0 Å². The molecule has 2 heterocycles. The molecule has 0 radical (unpaired) electrons. The molecule has 3 aromatic rings. The van der Waals surface area contributed by atoms with Gasteiger partial charge in [0.1, 0.15) is 5.75 Å². The van der Waals surface area contributed by atoms with Crippen molar-refractivity contribution in [2.24, 2.45) is 0 Å². The van der Waals surface area contributed by atoms with E-state index in [0.29, 0.717) is 25.7 Å². The monoisotopic (exact) mass is 390 g/mol. The number of nitrogens with zero attached hydrogens (tertiary/aromatic N) is 4. The lowest BCUT2D eigenvalue weighted by atomic mass is 10.2. The van der Waals surface area contributed by atoms with Gasteiger partial charge in [0.2, 0.25) is 5.95 Å². The van der Waals surface area contributed by atoms with Crippen LogP contribution in [0.5, 0.6) is 5.75 Å². The first kappa shape index (κ1) is 19.2. The topological polar surface area (TPSA) is 50.6 Å². The maximum atomic E-state index is 13.2. The maximum absolute atomic E-state index is 13.2. The van der Waals surface area contributed by atoms with Crippen LogP contribution in [0, 0.1) is 6.92 Å². The molecule has 6 heteroatoms. The van der Waals surface area contributed by atoms with Crippen LogP contribution in [0.2, 0.25) is 0 Å². The minimum absolute atomic E-state index is 0.0513. The Morgan fingerprint density at radius 1 is 1.03 bits per heavy atom. The van der Waals surface area contributed by atoms with Gasteiger partial charge in [0.15, 0.2) is 0 Å². The number of aryl methyl sites for hydroxylation is 1. The third-order valence-electron chi connectivity index (χ3n) is 5.36. The molecule has 0 atom stereocenters. The molecule has 0 N–H and O–H groups in total. The molecule has 4 rings (SSSR count). The molecule has 1 aliphatic heterocycles. The van der Waals surface area contributed by atoms with Crippen molar-refractivity contribution in [3.05, 3.63) is 81.8 Å². The zero-order valence-electron chi connectivity index (χ0n) is 17.1. The molecule has 0 aliphatic carbocycles. The number of rotatable bonds is 5.